The van der Waals surface area contributed by atoms with Gasteiger partial charge < -0.3 is 14.8 Å². The molecule has 1 fully saturated rings. The first-order valence-corrected chi connectivity index (χ1v) is 11.4. The van der Waals surface area contributed by atoms with Crippen molar-refractivity contribution in [1.29, 1.82) is 0 Å². The van der Waals surface area contributed by atoms with Crippen molar-refractivity contribution < 1.29 is 9.47 Å². The van der Waals surface area contributed by atoms with Crippen LogP contribution >= 0.6 is 0 Å². The Hall–Kier alpha value is -3.65. The van der Waals surface area contributed by atoms with Crippen molar-refractivity contribution in [3.8, 4) is 22.9 Å². The number of benzene rings is 2. The van der Waals surface area contributed by atoms with Gasteiger partial charge in [0.05, 0.1) is 7.11 Å². The van der Waals surface area contributed by atoms with Crippen LogP contribution in [0.3, 0.4) is 0 Å². The molecule has 1 aliphatic heterocycles. The maximum absolute atomic E-state index is 5.92. The molecule has 1 saturated heterocycles. The molecule has 0 spiro atoms. The van der Waals surface area contributed by atoms with E-state index >= 15 is 0 Å². The number of hydrogen-bond acceptors (Lipinski definition) is 7. The molecule has 3 heterocycles. The Morgan fingerprint density at radius 3 is 2.42 bits per heavy atom. The van der Waals surface area contributed by atoms with Crippen LogP contribution < -0.4 is 14.8 Å². The van der Waals surface area contributed by atoms with Gasteiger partial charge in [-0.05, 0) is 74.5 Å². The Labute approximate surface area is 193 Å². The molecule has 0 bridgehead atoms. The van der Waals surface area contributed by atoms with Gasteiger partial charge in [-0.3, -0.25) is 4.90 Å². The molecule has 5 rings (SSSR count). The first-order valence-electron chi connectivity index (χ1n) is 11.4. The van der Waals surface area contributed by atoms with Crippen LogP contribution in [0.2, 0.25) is 0 Å². The van der Waals surface area contributed by atoms with E-state index in [2.05, 4.69) is 25.3 Å². The first kappa shape index (κ1) is 21.2. The quantitative estimate of drug-likeness (QED) is 0.431. The van der Waals surface area contributed by atoms with Crippen molar-refractivity contribution in [2.24, 2.45) is 0 Å². The molecule has 170 valence electrons. The second kappa shape index (κ2) is 9.87. The van der Waals surface area contributed by atoms with E-state index in [0.29, 0.717) is 18.4 Å². The smallest absolute Gasteiger partial charge is 0.247 e. The Morgan fingerprint density at radius 1 is 0.909 bits per heavy atom. The van der Waals surface area contributed by atoms with E-state index in [1.54, 1.807) is 17.8 Å². The van der Waals surface area contributed by atoms with Crippen LogP contribution in [-0.2, 0) is 0 Å². The zero-order valence-corrected chi connectivity index (χ0v) is 18.8. The van der Waals surface area contributed by atoms with Crippen LogP contribution in [0.4, 0.5) is 11.6 Å². The number of nitrogens with zero attached hydrogens (tertiary/aromatic N) is 5. The van der Waals surface area contributed by atoms with Crippen LogP contribution in [0.5, 0.6) is 11.5 Å². The number of nitrogens with one attached hydrogen (secondary N) is 1. The normalized spacial score (nSPS) is 14.3. The third-order valence-corrected chi connectivity index (χ3v) is 5.84. The van der Waals surface area contributed by atoms with Crippen LogP contribution in [0.1, 0.15) is 19.3 Å². The largest absolute Gasteiger partial charge is 0.497 e. The van der Waals surface area contributed by atoms with E-state index < -0.39 is 0 Å². The summed E-state index contributed by atoms with van der Waals surface area (Å²) >= 11 is 0. The number of likely N-dealkylation sites (tertiary alicyclic amines) is 1. The molecule has 0 atom stereocenters. The minimum Gasteiger partial charge on any atom is -0.497 e. The number of anilines is 2. The highest BCUT2D eigenvalue weighted by atomic mass is 16.5. The molecule has 0 unspecified atom stereocenters. The van der Waals surface area contributed by atoms with Gasteiger partial charge in [-0.1, -0.05) is 6.42 Å². The maximum Gasteiger partial charge on any atom is 0.247 e. The number of hydrogen-bond donors (Lipinski definition) is 1. The van der Waals surface area contributed by atoms with Crippen molar-refractivity contribution in [2.45, 2.75) is 19.3 Å². The highest BCUT2D eigenvalue weighted by molar-refractivity contribution is 5.62. The van der Waals surface area contributed by atoms with Crippen molar-refractivity contribution in [2.75, 3.05) is 38.7 Å². The van der Waals surface area contributed by atoms with Gasteiger partial charge in [-0.15, -0.1) is 5.10 Å². The summed E-state index contributed by atoms with van der Waals surface area (Å²) in [6.07, 6.45) is 5.69. The summed E-state index contributed by atoms with van der Waals surface area (Å²) < 4.78 is 12.9. The number of piperidine rings is 1. The topological polar surface area (TPSA) is 76.8 Å². The van der Waals surface area contributed by atoms with Gasteiger partial charge in [0.25, 0.3) is 0 Å². The highest BCUT2D eigenvalue weighted by Gasteiger charge is 2.11. The average molecular weight is 445 g/mol. The molecule has 0 aliphatic carbocycles. The summed E-state index contributed by atoms with van der Waals surface area (Å²) in [6.45, 7) is 4.07. The zero-order valence-electron chi connectivity index (χ0n) is 18.8. The maximum atomic E-state index is 5.92. The molecule has 0 saturated carbocycles. The van der Waals surface area contributed by atoms with Crippen LogP contribution in [0, 0.1) is 0 Å². The molecular formula is C25H28N6O2. The Kier molecular flexibility index (Phi) is 6.34. The molecule has 0 amide bonds. The molecule has 1 N–H and O–H groups in total. The van der Waals surface area contributed by atoms with Crippen molar-refractivity contribution in [1.82, 2.24) is 24.5 Å². The van der Waals surface area contributed by atoms with Crippen LogP contribution in [0.15, 0.2) is 60.8 Å². The predicted molar refractivity (Wildman–Crippen MR) is 128 cm³/mol. The lowest BCUT2D eigenvalue weighted by molar-refractivity contribution is 0.183. The molecule has 2 aromatic carbocycles. The lowest BCUT2D eigenvalue weighted by Gasteiger charge is -2.26. The van der Waals surface area contributed by atoms with Gasteiger partial charge in [0.15, 0.2) is 11.5 Å². The number of fused-ring (bicyclic) bond motifs is 1. The average Bonchev–Trinajstić information content (AvgIpc) is 3.28. The molecule has 33 heavy (non-hydrogen) atoms. The SMILES string of the molecule is COc1ccc(-c2nccc3nc(Nc4ccc(OCCN5CCCCC5)cc4)nn23)cc1. The van der Waals surface area contributed by atoms with Crippen molar-refractivity contribution in [3.63, 3.8) is 0 Å². The Balaban J connectivity index is 1.24. The molecule has 2 aromatic heterocycles. The van der Waals surface area contributed by atoms with E-state index in [4.69, 9.17) is 9.47 Å². The second-order valence-corrected chi connectivity index (χ2v) is 8.10. The fraction of sp³-hybridized carbons (Fsp3) is 0.320. The van der Waals surface area contributed by atoms with E-state index in [1.165, 1.54) is 32.4 Å². The number of methoxy groups -OCH3 is 1. The summed E-state index contributed by atoms with van der Waals surface area (Å²) in [6, 6.07) is 17.5. The van der Waals surface area contributed by atoms with Gasteiger partial charge in [0, 0.05) is 30.1 Å². The summed E-state index contributed by atoms with van der Waals surface area (Å²) in [4.78, 5) is 11.6. The van der Waals surface area contributed by atoms with Crippen molar-refractivity contribution in [3.05, 3.63) is 60.8 Å². The van der Waals surface area contributed by atoms with Gasteiger partial charge in [-0.2, -0.15) is 9.50 Å². The lowest BCUT2D eigenvalue weighted by atomic mass is 10.1. The summed E-state index contributed by atoms with van der Waals surface area (Å²) in [5.41, 5.74) is 2.55. The molecule has 8 nitrogen and oxygen atoms in total. The number of ether oxygens (including phenoxy) is 2. The number of rotatable bonds is 8. The highest BCUT2D eigenvalue weighted by Crippen LogP contribution is 2.23. The van der Waals surface area contributed by atoms with E-state index in [0.717, 1.165) is 34.9 Å². The van der Waals surface area contributed by atoms with Crippen LogP contribution in [0.25, 0.3) is 17.0 Å². The molecule has 8 heteroatoms. The third kappa shape index (κ3) is 5.06. The fourth-order valence-electron chi connectivity index (χ4n) is 4.05. The molecule has 4 aromatic rings. The van der Waals surface area contributed by atoms with Crippen LogP contribution in [-0.4, -0.2) is 57.8 Å². The Bertz CT molecular complexity index is 1180. The summed E-state index contributed by atoms with van der Waals surface area (Å²) in [5, 5.41) is 7.89. The third-order valence-electron chi connectivity index (χ3n) is 5.84. The zero-order chi connectivity index (χ0) is 22.5. The van der Waals surface area contributed by atoms with E-state index in [-0.39, 0.29) is 0 Å². The first-order chi connectivity index (χ1) is 16.3. The molecule has 0 radical (unpaired) electrons. The monoisotopic (exact) mass is 444 g/mol. The molecule has 1 aliphatic rings. The number of aromatic nitrogens is 4. The summed E-state index contributed by atoms with van der Waals surface area (Å²) in [5.74, 6) is 2.89. The van der Waals surface area contributed by atoms with Gasteiger partial charge in [-0.25, -0.2) is 4.98 Å². The second-order valence-electron chi connectivity index (χ2n) is 8.10. The van der Waals surface area contributed by atoms with Crippen molar-refractivity contribution >= 4 is 17.3 Å². The Morgan fingerprint density at radius 2 is 1.67 bits per heavy atom. The van der Waals surface area contributed by atoms with E-state index in [9.17, 15) is 0 Å². The summed E-state index contributed by atoms with van der Waals surface area (Å²) in [7, 11) is 1.65. The molecular weight excluding hydrogens is 416 g/mol. The minimum atomic E-state index is 0.511. The predicted octanol–water partition coefficient (Wildman–Crippen LogP) is 4.41. The lowest BCUT2D eigenvalue weighted by Crippen LogP contribution is -2.33. The van der Waals surface area contributed by atoms with Gasteiger partial charge >= 0.3 is 0 Å². The van der Waals surface area contributed by atoms with Gasteiger partial charge in [0.1, 0.15) is 18.1 Å². The fourth-order valence-corrected chi connectivity index (χ4v) is 4.05. The van der Waals surface area contributed by atoms with Gasteiger partial charge in [0.2, 0.25) is 5.95 Å². The minimum absolute atomic E-state index is 0.511. The standard InChI is InChI=1S/C25H28N6O2/c1-32-21-9-5-19(6-10-21)24-26-14-13-23-28-25(29-31(23)24)27-20-7-11-22(12-8-20)33-18-17-30-15-3-2-4-16-30/h5-14H,2-4,15-18H2,1H3,(H,27,29). The van der Waals surface area contributed by atoms with E-state index in [1.807, 2.05) is 54.6 Å².